The molecule has 1 fully saturated rings. The summed E-state index contributed by atoms with van der Waals surface area (Å²) in [6.07, 6.45) is 5.85. The number of rotatable bonds is 7. The zero-order valence-corrected chi connectivity index (χ0v) is 12.8. The highest BCUT2D eigenvalue weighted by Gasteiger charge is 2.26. The second-order valence-electron chi connectivity index (χ2n) is 5.14. The number of urea groups is 1. The first-order valence-electron chi connectivity index (χ1n) is 7.07. The summed E-state index contributed by atoms with van der Waals surface area (Å²) in [7, 11) is -0.830. The molecule has 1 heterocycles. The molecule has 0 radical (unpaired) electrons. The van der Waals surface area contributed by atoms with E-state index in [4.69, 9.17) is 5.11 Å². The minimum Gasteiger partial charge on any atom is -0.481 e. The van der Waals surface area contributed by atoms with E-state index in [1.165, 1.54) is 0 Å². The summed E-state index contributed by atoms with van der Waals surface area (Å²) in [5.74, 6) is -0.232. The normalized spacial score (nSPS) is 20.4. The van der Waals surface area contributed by atoms with Gasteiger partial charge in [0.15, 0.2) is 0 Å². The van der Waals surface area contributed by atoms with Crippen molar-refractivity contribution < 1.29 is 18.9 Å². The number of nitrogens with zero attached hydrogens (tertiary/aromatic N) is 1. The van der Waals surface area contributed by atoms with Gasteiger partial charge in [0.1, 0.15) is 0 Å². The van der Waals surface area contributed by atoms with Gasteiger partial charge in [0.2, 0.25) is 0 Å². The summed E-state index contributed by atoms with van der Waals surface area (Å²) in [4.78, 5) is 24.5. The maximum atomic E-state index is 12.1. The van der Waals surface area contributed by atoms with Crippen molar-refractivity contribution in [2.75, 3.05) is 25.1 Å². The van der Waals surface area contributed by atoms with Crippen LogP contribution in [0.4, 0.5) is 4.79 Å². The number of carbonyl (C=O) groups excluding carboxylic acids is 1. The van der Waals surface area contributed by atoms with E-state index < -0.39 is 16.8 Å². The van der Waals surface area contributed by atoms with E-state index in [1.807, 2.05) is 0 Å². The first kappa shape index (κ1) is 16.9. The second kappa shape index (κ2) is 8.94. The van der Waals surface area contributed by atoms with Crippen molar-refractivity contribution in [2.24, 2.45) is 0 Å². The predicted octanol–water partition coefficient (Wildman–Crippen LogP) is 1.18. The highest BCUT2D eigenvalue weighted by atomic mass is 32.2. The molecule has 2 unspecified atom stereocenters. The Morgan fingerprint density at radius 3 is 2.80 bits per heavy atom. The van der Waals surface area contributed by atoms with Crippen LogP contribution in [0.25, 0.3) is 0 Å². The van der Waals surface area contributed by atoms with Gasteiger partial charge in [-0.25, -0.2) is 4.79 Å². The SMILES string of the molecule is CS(=O)CCCNC(=O)N1CCCCC1CCC(=O)O. The summed E-state index contributed by atoms with van der Waals surface area (Å²) in [5.41, 5.74) is 0. The molecule has 0 aromatic carbocycles. The standard InChI is InChI=1S/C13H24N2O4S/c1-20(19)10-4-8-14-13(18)15-9-3-2-5-11(15)6-7-12(16)17/h11H,2-10H2,1H3,(H,14,18)(H,16,17). The first-order valence-corrected chi connectivity index (χ1v) is 8.79. The van der Waals surface area contributed by atoms with Crippen molar-refractivity contribution in [2.45, 2.75) is 44.6 Å². The zero-order chi connectivity index (χ0) is 15.0. The van der Waals surface area contributed by atoms with Crippen molar-refractivity contribution >= 4 is 22.8 Å². The van der Waals surface area contributed by atoms with Gasteiger partial charge in [0, 0.05) is 48.4 Å². The van der Waals surface area contributed by atoms with Crippen LogP contribution in [0, 0.1) is 0 Å². The fourth-order valence-electron chi connectivity index (χ4n) is 2.43. The zero-order valence-electron chi connectivity index (χ0n) is 12.0. The Morgan fingerprint density at radius 1 is 1.40 bits per heavy atom. The Kier molecular flexibility index (Phi) is 7.58. The van der Waals surface area contributed by atoms with E-state index in [9.17, 15) is 13.8 Å². The van der Waals surface area contributed by atoms with Gasteiger partial charge in [-0.15, -0.1) is 0 Å². The Bertz CT molecular complexity index is 362. The molecule has 0 bridgehead atoms. The first-order chi connectivity index (χ1) is 9.50. The average molecular weight is 304 g/mol. The number of aliphatic carboxylic acids is 1. The number of amides is 2. The minimum absolute atomic E-state index is 0.0279. The van der Waals surface area contributed by atoms with Crippen molar-refractivity contribution in [3.8, 4) is 0 Å². The molecule has 2 amide bonds. The maximum Gasteiger partial charge on any atom is 0.317 e. The van der Waals surface area contributed by atoms with E-state index in [2.05, 4.69) is 5.32 Å². The lowest BCUT2D eigenvalue weighted by Crippen LogP contribution is -2.49. The Morgan fingerprint density at radius 2 is 2.15 bits per heavy atom. The topological polar surface area (TPSA) is 86.7 Å². The maximum absolute atomic E-state index is 12.1. The lowest BCUT2D eigenvalue weighted by Gasteiger charge is -2.35. The Labute approximate surface area is 122 Å². The Hall–Kier alpha value is -1.11. The molecule has 20 heavy (non-hydrogen) atoms. The smallest absolute Gasteiger partial charge is 0.317 e. The molecule has 2 atom stereocenters. The van der Waals surface area contributed by atoms with E-state index >= 15 is 0 Å². The van der Waals surface area contributed by atoms with Crippen molar-refractivity contribution in [3.05, 3.63) is 0 Å². The monoisotopic (exact) mass is 304 g/mol. The molecule has 7 heteroatoms. The number of hydrogen-bond donors (Lipinski definition) is 2. The van der Waals surface area contributed by atoms with Crippen LogP contribution >= 0.6 is 0 Å². The molecule has 2 N–H and O–H groups in total. The molecular weight excluding hydrogens is 280 g/mol. The third-order valence-corrected chi connectivity index (χ3v) is 4.33. The van der Waals surface area contributed by atoms with E-state index in [1.54, 1.807) is 11.2 Å². The van der Waals surface area contributed by atoms with Gasteiger partial charge in [0.05, 0.1) is 0 Å². The van der Waals surface area contributed by atoms with Gasteiger partial charge < -0.3 is 15.3 Å². The molecule has 0 saturated carbocycles. The van der Waals surface area contributed by atoms with Gasteiger partial charge in [-0.1, -0.05) is 0 Å². The highest BCUT2D eigenvalue weighted by Crippen LogP contribution is 2.20. The second-order valence-corrected chi connectivity index (χ2v) is 6.69. The van der Waals surface area contributed by atoms with Crippen LogP contribution in [0.5, 0.6) is 0 Å². The van der Waals surface area contributed by atoms with Gasteiger partial charge in [-0.2, -0.15) is 0 Å². The molecular formula is C13H24N2O4S. The molecule has 1 saturated heterocycles. The molecule has 1 aliphatic rings. The number of likely N-dealkylation sites (tertiary alicyclic amines) is 1. The van der Waals surface area contributed by atoms with Gasteiger partial charge in [-0.3, -0.25) is 9.00 Å². The van der Waals surface area contributed by atoms with Crippen LogP contribution < -0.4 is 5.32 Å². The molecule has 0 aromatic heterocycles. The molecule has 0 spiro atoms. The molecule has 1 rings (SSSR count). The average Bonchev–Trinajstić information content (AvgIpc) is 2.41. The molecule has 116 valence electrons. The third kappa shape index (κ3) is 6.36. The number of hydrogen-bond acceptors (Lipinski definition) is 3. The van der Waals surface area contributed by atoms with Gasteiger partial charge in [-0.05, 0) is 32.1 Å². The summed E-state index contributed by atoms with van der Waals surface area (Å²) < 4.78 is 10.9. The van der Waals surface area contributed by atoms with E-state index in [-0.39, 0.29) is 18.5 Å². The Balaban J connectivity index is 2.37. The molecule has 0 aromatic rings. The summed E-state index contributed by atoms with van der Waals surface area (Å²) in [5, 5.41) is 11.6. The van der Waals surface area contributed by atoms with Crippen molar-refractivity contribution in [3.63, 3.8) is 0 Å². The number of piperidine rings is 1. The summed E-state index contributed by atoms with van der Waals surface area (Å²) in [6, 6.07) is -0.0952. The minimum atomic E-state index is -0.830. The third-order valence-electron chi connectivity index (χ3n) is 3.46. The lowest BCUT2D eigenvalue weighted by molar-refractivity contribution is -0.137. The van der Waals surface area contributed by atoms with Crippen molar-refractivity contribution in [1.82, 2.24) is 10.2 Å². The van der Waals surface area contributed by atoms with Crippen LogP contribution in [-0.4, -0.2) is 57.4 Å². The molecule has 0 aliphatic carbocycles. The van der Waals surface area contributed by atoms with Gasteiger partial charge in [0.25, 0.3) is 0 Å². The van der Waals surface area contributed by atoms with Crippen LogP contribution in [0.2, 0.25) is 0 Å². The predicted molar refractivity (Wildman–Crippen MR) is 78.2 cm³/mol. The molecule has 1 aliphatic heterocycles. The van der Waals surface area contributed by atoms with Crippen LogP contribution in [0.1, 0.15) is 38.5 Å². The van der Waals surface area contributed by atoms with Crippen molar-refractivity contribution in [1.29, 1.82) is 0 Å². The van der Waals surface area contributed by atoms with Crippen LogP contribution in [0.3, 0.4) is 0 Å². The fourth-order valence-corrected chi connectivity index (χ4v) is 2.98. The summed E-state index contributed by atoms with van der Waals surface area (Å²) in [6.45, 7) is 1.20. The van der Waals surface area contributed by atoms with Crippen LogP contribution in [0.15, 0.2) is 0 Å². The van der Waals surface area contributed by atoms with E-state index in [0.29, 0.717) is 31.7 Å². The largest absolute Gasteiger partial charge is 0.481 e. The number of carboxylic acid groups (broad SMARTS) is 1. The number of nitrogens with one attached hydrogen (secondary N) is 1. The lowest BCUT2D eigenvalue weighted by atomic mass is 9.98. The molecule has 6 nitrogen and oxygen atoms in total. The quantitative estimate of drug-likeness (QED) is 0.692. The summed E-state index contributed by atoms with van der Waals surface area (Å²) >= 11 is 0. The van der Waals surface area contributed by atoms with Crippen LogP contribution in [-0.2, 0) is 15.6 Å². The fraction of sp³-hybridized carbons (Fsp3) is 0.846. The number of carbonyl (C=O) groups is 2. The van der Waals surface area contributed by atoms with E-state index in [0.717, 1.165) is 19.3 Å². The highest BCUT2D eigenvalue weighted by molar-refractivity contribution is 7.84. The number of carboxylic acids is 1. The van der Waals surface area contributed by atoms with Gasteiger partial charge >= 0.3 is 12.0 Å².